The number of carboxylic acids is 1. The maximum atomic E-state index is 12.5. The van der Waals surface area contributed by atoms with Gasteiger partial charge in [-0.1, -0.05) is 29.8 Å². The van der Waals surface area contributed by atoms with Crippen molar-refractivity contribution in [3.8, 4) is 0 Å². The van der Waals surface area contributed by atoms with Gasteiger partial charge in [0, 0.05) is 13.1 Å². The summed E-state index contributed by atoms with van der Waals surface area (Å²) < 4.78 is 5.54. The van der Waals surface area contributed by atoms with Crippen LogP contribution < -0.4 is 10.2 Å². The Balaban J connectivity index is 1.14. The number of carbonyl (C=O) groups excluding carboxylic acids is 1. The topological polar surface area (TPSA) is 121 Å². The maximum absolute atomic E-state index is 12.5. The minimum atomic E-state index is -0.671. The van der Waals surface area contributed by atoms with Crippen LogP contribution in [0.15, 0.2) is 47.0 Å². The van der Waals surface area contributed by atoms with Crippen LogP contribution in [0.2, 0.25) is 0 Å². The molecular weight excluding hydrogens is 434 g/mol. The molecule has 1 amide bonds. The summed E-state index contributed by atoms with van der Waals surface area (Å²) in [5.41, 5.74) is 2.92. The molecule has 9 nitrogen and oxygen atoms in total. The van der Waals surface area contributed by atoms with Gasteiger partial charge in [0.2, 0.25) is 5.89 Å². The zero-order chi connectivity index (χ0) is 23.7. The van der Waals surface area contributed by atoms with E-state index >= 15 is 0 Å². The molecule has 1 aromatic carbocycles. The standard InChI is InChI=1S/C25H27N5O4/c1-16-3-2-4-17(11-16)12-21-28-29-23(34-21)22(31)27-19-5-6-20(26-15-19)30-9-7-25(8-10-30)13-18(14-25)24(32)33/h2-6,11,15,18H,7-10,12-14H2,1H3,(H,27,31)(H,32,33). The van der Waals surface area contributed by atoms with E-state index < -0.39 is 11.9 Å². The van der Waals surface area contributed by atoms with E-state index in [0.717, 1.165) is 55.7 Å². The van der Waals surface area contributed by atoms with Crippen LogP contribution >= 0.6 is 0 Å². The highest BCUT2D eigenvalue weighted by atomic mass is 16.4. The van der Waals surface area contributed by atoms with Gasteiger partial charge in [0.05, 0.1) is 24.2 Å². The second-order valence-corrected chi connectivity index (χ2v) is 9.46. The first-order valence-corrected chi connectivity index (χ1v) is 11.5. The van der Waals surface area contributed by atoms with Crippen molar-refractivity contribution >= 4 is 23.4 Å². The van der Waals surface area contributed by atoms with Gasteiger partial charge >= 0.3 is 17.8 Å². The molecular formula is C25H27N5O4. The number of aliphatic carboxylic acids is 1. The van der Waals surface area contributed by atoms with E-state index in [0.29, 0.717) is 18.0 Å². The predicted molar refractivity (Wildman–Crippen MR) is 125 cm³/mol. The lowest BCUT2D eigenvalue weighted by atomic mass is 9.57. The minimum absolute atomic E-state index is 0.0896. The van der Waals surface area contributed by atoms with E-state index in [1.165, 1.54) is 0 Å². The molecule has 3 aromatic rings. The highest BCUT2D eigenvalue weighted by Crippen LogP contribution is 2.52. The summed E-state index contributed by atoms with van der Waals surface area (Å²) in [5.74, 6) is -0.183. The average molecular weight is 462 g/mol. The summed E-state index contributed by atoms with van der Waals surface area (Å²) in [5, 5.41) is 19.8. The van der Waals surface area contributed by atoms with E-state index in [1.807, 2.05) is 37.3 Å². The number of nitrogens with one attached hydrogen (secondary N) is 1. The fourth-order valence-corrected chi connectivity index (χ4v) is 5.02. The third-order valence-electron chi connectivity index (χ3n) is 6.96. The van der Waals surface area contributed by atoms with Crippen LogP contribution in [0.25, 0.3) is 0 Å². The molecule has 2 fully saturated rings. The number of carbonyl (C=O) groups is 2. The van der Waals surface area contributed by atoms with E-state index in [-0.39, 0.29) is 17.2 Å². The smallest absolute Gasteiger partial charge is 0.313 e. The number of nitrogens with zero attached hydrogens (tertiary/aromatic N) is 4. The van der Waals surface area contributed by atoms with Gasteiger partial charge in [0.1, 0.15) is 5.82 Å². The minimum Gasteiger partial charge on any atom is -0.481 e. The van der Waals surface area contributed by atoms with E-state index in [2.05, 4.69) is 25.4 Å². The van der Waals surface area contributed by atoms with Crippen LogP contribution in [-0.4, -0.2) is 45.3 Å². The summed E-state index contributed by atoms with van der Waals surface area (Å²) in [6, 6.07) is 11.7. The van der Waals surface area contributed by atoms with Crippen molar-refractivity contribution in [1.29, 1.82) is 0 Å². The number of pyridine rings is 1. The summed E-state index contributed by atoms with van der Waals surface area (Å²) in [4.78, 5) is 30.3. The molecule has 0 unspecified atom stereocenters. The van der Waals surface area contributed by atoms with Crippen molar-refractivity contribution in [2.24, 2.45) is 11.3 Å². The zero-order valence-electron chi connectivity index (χ0n) is 19.0. The number of benzene rings is 1. The quantitative estimate of drug-likeness (QED) is 0.570. The van der Waals surface area contributed by atoms with Gasteiger partial charge in [-0.2, -0.15) is 0 Å². The Morgan fingerprint density at radius 2 is 1.97 bits per heavy atom. The molecule has 1 aliphatic heterocycles. The second-order valence-electron chi connectivity index (χ2n) is 9.46. The van der Waals surface area contributed by atoms with E-state index in [9.17, 15) is 9.59 Å². The van der Waals surface area contributed by atoms with Crippen molar-refractivity contribution in [2.45, 2.75) is 39.0 Å². The summed E-state index contributed by atoms with van der Waals surface area (Å²) in [6.07, 6.45) is 5.63. The van der Waals surface area contributed by atoms with Crippen LogP contribution in [0.3, 0.4) is 0 Å². The Morgan fingerprint density at radius 1 is 1.18 bits per heavy atom. The summed E-state index contributed by atoms with van der Waals surface area (Å²) >= 11 is 0. The van der Waals surface area contributed by atoms with Crippen LogP contribution in [0.1, 0.15) is 53.4 Å². The first-order valence-electron chi connectivity index (χ1n) is 11.5. The van der Waals surface area contributed by atoms with Crippen LogP contribution in [0, 0.1) is 18.3 Å². The Kier molecular flexibility index (Phi) is 5.77. The molecule has 2 N–H and O–H groups in total. The molecule has 0 bridgehead atoms. The van der Waals surface area contributed by atoms with Crippen LogP contribution in [0.4, 0.5) is 11.5 Å². The third kappa shape index (κ3) is 4.64. The molecule has 176 valence electrons. The Morgan fingerprint density at radius 3 is 2.65 bits per heavy atom. The average Bonchev–Trinajstić information content (AvgIpc) is 3.27. The lowest BCUT2D eigenvalue weighted by molar-refractivity contribution is -0.151. The van der Waals surface area contributed by atoms with Crippen molar-refractivity contribution in [2.75, 3.05) is 23.3 Å². The number of hydrogen-bond acceptors (Lipinski definition) is 7. The van der Waals surface area contributed by atoms with Crippen molar-refractivity contribution in [1.82, 2.24) is 15.2 Å². The molecule has 1 spiro atoms. The van der Waals surface area contributed by atoms with Crippen molar-refractivity contribution in [3.05, 3.63) is 65.5 Å². The monoisotopic (exact) mass is 461 g/mol. The van der Waals surface area contributed by atoms with E-state index in [4.69, 9.17) is 9.52 Å². The number of aryl methyl sites for hydroxylation is 1. The fourth-order valence-electron chi connectivity index (χ4n) is 5.02. The lowest BCUT2D eigenvalue weighted by Crippen LogP contribution is -2.49. The molecule has 5 rings (SSSR count). The van der Waals surface area contributed by atoms with Crippen molar-refractivity contribution in [3.63, 3.8) is 0 Å². The SMILES string of the molecule is Cc1cccc(Cc2nnc(C(=O)Nc3ccc(N4CCC5(CC4)CC(C(=O)O)C5)nc3)o2)c1. The van der Waals surface area contributed by atoms with Crippen molar-refractivity contribution < 1.29 is 19.1 Å². The van der Waals surface area contributed by atoms with Gasteiger partial charge in [-0.15, -0.1) is 10.2 Å². The highest BCUT2D eigenvalue weighted by Gasteiger charge is 2.48. The zero-order valence-corrected chi connectivity index (χ0v) is 19.0. The molecule has 34 heavy (non-hydrogen) atoms. The van der Waals surface area contributed by atoms with Gasteiger partial charge in [-0.05, 0) is 55.7 Å². The second kappa shape index (κ2) is 8.89. The number of aromatic nitrogens is 3. The first-order chi connectivity index (χ1) is 16.4. The fraction of sp³-hybridized carbons (Fsp3) is 0.400. The largest absolute Gasteiger partial charge is 0.481 e. The third-order valence-corrected chi connectivity index (χ3v) is 6.96. The Bertz CT molecular complexity index is 1190. The molecule has 2 aromatic heterocycles. The maximum Gasteiger partial charge on any atom is 0.313 e. The van der Waals surface area contributed by atoms with E-state index in [1.54, 1.807) is 12.3 Å². The molecule has 2 aliphatic rings. The lowest BCUT2D eigenvalue weighted by Gasteiger charge is -2.51. The number of piperidine rings is 1. The molecule has 9 heteroatoms. The highest BCUT2D eigenvalue weighted by molar-refractivity contribution is 6.00. The van der Waals surface area contributed by atoms with Gasteiger partial charge in [-0.25, -0.2) is 4.98 Å². The van der Waals surface area contributed by atoms with Gasteiger partial charge in [-0.3, -0.25) is 9.59 Å². The molecule has 3 heterocycles. The predicted octanol–water partition coefficient (Wildman–Crippen LogP) is 3.70. The molecule has 1 saturated carbocycles. The molecule has 0 radical (unpaired) electrons. The summed E-state index contributed by atoms with van der Waals surface area (Å²) in [7, 11) is 0. The van der Waals surface area contributed by atoms with Gasteiger partial charge in [0.15, 0.2) is 0 Å². The first kappa shape index (κ1) is 22.1. The number of anilines is 2. The molecule has 1 saturated heterocycles. The number of hydrogen-bond donors (Lipinski definition) is 2. The van der Waals surface area contributed by atoms with Crippen LogP contribution in [-0.2, 0) is 11.2 Å². The normalized spacial score (nSPS) is 17.4. The van der Waals surface area contributed by atoms with Gasteiger partial charge < -0.3 is 19.7 Å². The molecule has 0 atom stereocenters. The van der Waals surface area contributed by atoms with Crippen LogP contribution in [0.5, 0.6) is 0 Å². The Hall–Kier alpha value is -3.75. The Labute approximate surface area is 197 Å². The van der Waals surface area contributed by atoms with Gasteiger partial charge in [0.25, 0.3) is 0 Å². The number of amides is 1. The number of carboxylic acid groups (broad SMARTS) is 1. The number of rotatable bonds is 6. The summed E-state index contributed by atoms with van der Waals surface area (Å²) in [6.45, 7) is 3.73. The molecule has 1 aliphatic carbocycles.